The maximum atomic E-state index is 5.60. The highest BCUT2D eigenvalue weighted by molar-refractivity contribution is 14.0. The summed E-state index contributed by atoms with van der Waals surface area (Å²) in [5.74, 6) is 1.86. The number of benzene rings is 1. The van der Waals surface area contributed by atoms with Crippen LogP contribution < -0.4 is 15.4 Å². The number of halogens is 1. The first-order valence-electron chi connectivity index (χ1n) is 6.15. The highest BCUT2D eigenvalue weighted by Crippen LogP contribution is 2.07. The molecule has 2 N–H and O–H groups in total. The van der Waals surface area contributed by atoms with Crippen molar-refractivity contribution in [3.8, 4) is 5.75 Å². The lowest BCUT2D eigenvalue weighted by atomic mass is 10.3. The average Bonchev–Trinajstić information content (AvgIpc) is 2.41. The second-order valence-electron chi connectivity index (χ2n) is 3.95. The molecule has 0 unspecified atom stereocenters. The van der Waals surface area contributed by atoms with Crippen molar-refractivity contribution in [1.29, 1.82) is 0 Å². The number of para-hydroxylation sites is 1. The molecule has 1 aromatic rings. The Labute approximate surface area is 125 Å². The lowest BCUT2D eigenvalue weighted by Crippen LogP contribution is -2.41. The number of ether oxygens (including phenoxy) is 1. The molecule has 0 aromatic heterocycles. The maximum Gasteiger partial charge on any atom is 0.191 e. The van der Waals surface area contributed by atoms with E-state index in [4.69, 9.17) is 4.74 Å². The Balaban J connectivity index is 0.00000162. The van der Waals surface area contributed by atoms with E-state index in [1.807, 2.05) is 30.3 Å². The molecule has 0 aliphatic carbocycles. The minimum atomic E-state index is 0. The highest BCUT2D eigenvalue weighted by Gasteiger charge is 2.01. The van der Waals surface area contributed by atoms with Crippen LogP contribution in [0.5, 0.6) is 5.75 Å². The quantitative estimate of drug-likeness (QED) is 0.623. The van der Waals surface area contributed by atoms with Gasteiger partial charge in [0.15, 0.2) is 5.96 Å². The van der Waals surface area contributed by atoms with Crippen LogP contribution in [-0.4, -0.2) is 32.2 Å². The van der Waals surface area contributed by atoms with Gasteiger partial charge in [-0.3, -0.25) is 4.99 Å². The molecule has 5 heteroatoms. The Hall–Kier alpha value is -0.980. The maximum absolute atomic E-state index is 5.60. The molecule has 1 aromatic carbocycles. The summed E-state index contributed by atoms with van der Waals surface area (Å²) in [4.78, 5) is 4.34. The Kier molecular flexibility index (Phi) is 7.55. The summed E-state index contributed by atoms with van der Waals surface area (Å²) in [6.07, 6.45) is 2.10. The Morgan fingerprint density at radius 3 is 2.83 bits per heavy atom. The van der Waals surface area contributed by atoms with Crippen molar-refractivity contribution in [2.45, 2.75) is 12.8 Å². The number of nitrogens with one attached hydrogen (secondary N) is 2. The van der Waals surface area contributed by atoms with Crippen molar-refractivity contribution in [2.24, 2.45) is 4.99 Å². The van der Waals surface area contributed by atoms with Crippen LogP contribution in [0.15, 0.2) is 35.3 Å². The molecule has 1 aliphatic rings. The van der Waals surface area contributed by atoms with Crippen LogP contribution >= 0.6 is 24.0 Å². The van der Waals surface area contributed by atoms with Crippen LogP contribution in [0.1, 0.15) is 12.8 Å². The smallest absolute Gasteiger partial charge is 0.191 e. The van der Waals surface area contributed by atoms with Crippen LogP contribution in [0.4, 0.5) is 0 Å². The van der Waals surface area contributed by atoms with Crippen LogP contribution in [0.2, 0.25) is 0 Å². The highest BCUT2D eigenvalue weighted by atomic mass is 127. The fraction of sp³-hybridized carbons (Fsp3) is 0.462. The zero-order chi connectivity index (χ0) is 11.8. The standard InChI is InChI=1S/C13H19N3O.HI/c1-2-6-12(7-3-1)17-11-5-10-16-13-14-8-4-9-15-13;/h1-3,6-7H,4-5,8-11H2,(H2,14,15,16);1H. The average molecular weight is 361 g/mol. The molecule has 1 aliphatic heterocycles. The SMILES string of the molecule is I.c1ccc(OCCCNC2=NCCCN2)cc1. The van der Waals surface area contributed by atoms with Gasteiger partial charge in [0.25, 0.3) is 0 Å². The molecule has 0 bridgehead atoms. The summed E-state index contributed by atoms with van der Waals surface area (Å²) < 4.78 is 5.60. The monoisotopic (exact) mass is 361 g/mol. The molecule has 0 atom stereocenters. The molecule has 0 amide bonds. The zero-order valence-electron chi connectivity index (χ0n) is 10.4. The summed E-state index contributed by atoms with van der Waals surface area (Å²) in [6.45, 7) is 3.56. The van der Waals surface area contributed by atoms with E-state index in [0.717, 1.165) is 50.8 Å². The van der Waals surface area contributed by atoms with Gasteiger partial charge >= 0.3 is 0 Å². The predicted octanol–water partition coefficient (Wildman–Crippen LogP) is 2.01. The van der Waals surface area contributed by atoms with Gasteiger partial charge in [-0.25, -0.2) is 0 Å². The van der Waals surface area contributed by atoms with Gasteiger partial charge in [-0.1, -0.05) is 18.2 Å². The van der Waals surface area contributed by atoms with E-state index in [2.05, 4.69) is 15.6 Å². The van der Waals surface area contributed by atoms with E-state index < -0.39 is 0 Å². The Bertz CT molecular complexity index is 357. The van der Waals surface area contributed by atoms with Gasteiger partial charge in [0.2, 0.25) is 0 Å². The fourth-order valence-electron chi connectivity index (χ4n) is 1.64. The van der Waals surface area contributed by atoms with Crippen molar-refractivity contribution in [3.05, 3.63) is 30.3 Å². The third kappa shape index (κ3) is 5.57. The van der Waals surface area contributed by atoms with E-state index in [9.17, 15) is 0 Å². The molecule has 1 heterocycles. The van der Waals surface area contributed by atoms with E-state index >= 15 is 0 Å². The van der Waals surface area contributed by atoms with Gasteiger partial charge in [0.1, 0.15) is 5.75 Å². The third-order valence-corrected chi connectivity index (χ3v) is 2.52. The van der Waals surface area contributed by atoms with Gasteiger partial charge in [0.05, 0.1) is 6.61 Å². The summed E-state index contributed by atoms with van der Waals surface area (Å²) in [5.41, 5.74) is 0. The topological polar surface area (TPSA) is 45.6 Å². The molecule has 18 heavy (non-hydrogen) atoms. The number of hydrogen-bond acceptors (Lipinski definition) is 4. The minimum absolute atomic E-state index is 0. The number of aliphatic imine (C=N–C) groups is 1. The van der Waals surface area contributed by atoms with Gasteiger partial charge < -0.3 is 15.4 Å². The second-order valence-corrected chi connectivity index (χ2v) is 3.95. The second kappa shape index (κ2) is 9.02. The van der Waals surface area contributed by atoms with Crippen molar-refractivity contribution >= 4 is 29.9 Å². The molecule has 100 valence electrons. The number of guanidine groups is 1. The Morgan fingerprint density at radius 1 is 1.28 bits per heavy atom. The van der Waals surface area contributed by atoms with Crippen molar-refractivity contribution in [3.63, 3.8) is 0 Å². The first-order chi connectivity index (χ1) is 8.45. The van der Waals surface area contributed by atoms with Gasteiger partial charge in [0, 0.05) is 19.6 Å². The third-order valence-electron chi connectivity index (χ3n) is 2.52. The summed E-state index contributed by atoms with van der Waals surface area (Å²) in [6, 6.07) is 9.89. The number of rotatable bonds is 5. The Morgan fingerprint density at radius 2 is 2.11 bits per heavy atom. The van der Waals surface area contributed by atoms with Crippen molar-refractivity contribution in [2.75, 3.05) is 26.2 Å². The lowest BCUT2D eigenvalue weighted by Gasteiger charge is -2.15. The van der Waals surface area contributed by atoms with Crippen molar-refractivity contribution in [1.82, 2.24) is 10.6 Å². The summed E-state index contributed by atoms with van der Waals surface area (Å²) in [5, 5.41) is 6.49. The largest absolute Gasteiger partial charge is 0.494 e. The predicted molar refractivity (Wildman–Crippen MR) is 84.9 cm³/mol. The van der Waals surface area contributed by atoms with E-state index in [1.165, 1.54) is 0 Å². The van der Waals surface area contributed by atoms with Crippen LogP contribution in [0.3, 0.4) is 0 Å². The van der Waals surface area contributed by atoms with Crippen LogP contribution in [-0.2, 0) is 0 Å². The van der Waals surface area contributed by atoms with Gasteiger partial charge in [-0.2, -0.15) is 0 Å². The number of hydrogen-bond donors (Lipinski definition) is 2. The van der Waals surface area contributed by atoms with Gasteiger partial charge in [-0.15, -0.1) is 24.0 Å². The number of nitrogens with zero attached hydrogens (tertiary/aromatic N) is 1. The first kappa shape index (κ1) is 15.1. The van der Waals surface area contributed by atoms with E-state index in [-0.39, 0.29) is 24.0 Å². The molecule has 0 saturated carbocycles. The normalized spacial score (nSPS) is 13.9. The van der Waals surface area contributed by atoms with Crippen molar-refractivity contribution < 1.29 is 4.74 Å². The molecule has 0 radical (unpaired) electrons. The minimum Gasteiger partial charge on any atom is -0.494 e. The molecule has 0 fully saturated rings. The molecular formula is C13H20IN3O. The van der Waals surface area contributed by atoms with Crippen LogP contribution in [0, 0.1) is 0 Å². The van der Waals surface area contributed by atoms with Gasteiger partial charge in [-0.05, 0) is 25.0 Å². The van der Waals surface area contributed by atoms with Crippen LogP contribution in [0.25, 0.3) is 0 Å². The summed E-state index contributed by atoms with van der Waals surface area (Å²) >= 11 is 0. The molecule has 2 rings (SSSR count). The first-order valence-corrected chi connectivity index (χ1v) is 6.15. The van der Waals surface area contributed by atoms with E-state index in [0.29, 0.717) is 0 Å². The zero-order valence-corrected chi connectivity index (χ0v) is 12.7. The molecular weight excluding hydrogens is 341 g/mol. The molecule has 0 saturated heterocycles. The fourth-order valence-corrected chi connectivity index (χ4v) is 1.64. The molecule has 0 spiro atoms. The molecule has 4 nitrogen and oxygen atoms in total. The summed E-state index contributed by atoms with van der Waals surface area (Å²) in [7, 11) is 0. The van der Waals surface area contributed by atoms with E-state index in [1.54, 1.807) is 0 Å². The lowest BCUT2D eigenvalue weighted by molar-refractivity contribution is 0.311.